The van der Waals surface area contributed by atoms with Crippen molar-refractivity contribution in [3.05, 3.63) is 72.1 Å². The maximum absolute atomic E-state index is 12.5. The summed E-state index contributed by atoms with van der Waals surface area (Å²) in [5.74, 6) is 0.452. The van der Waals surface area contributed by atoms with E-state index >= 15 is 0 Å². The monoisotopic (exact) mass is 623 g/mol. The number of nitrogens with zero attached hydrogens (tertiary/aromatic N) is 5. The predicted octanol–water partition coefficient (Wildman–Crippen LogP) is 6.07. The molecule has 0 saturated carbocycles. The summed E-state index contributed by atoms with van der Waals surface area (Å²) in [5.41, 5.74) is 5.19. The van der Waals surface area contributed by atoms with Crippen molar-refractivity contribution in [1.29, 1.82) is 5.26 Å². The number of piperazine rings is 1. The number of rotatable bonds is 9. The Bertz CT molecular complexity index is 1690. The summed E-state index contributed by atoms with van der Waals surface area (Å²) in [6, 6.07) is 17.9. The van der Waals surface area contributed by atoms with Crippen LogP contribution in [0.4, 0.5) is 4.79 Å². The van der Waals surface area contributed by atoms with E-state index in [9.17, 15) is 10.1 Å². The lowest BCUT2D eigenvalue weighted by molar-refractivity contribution is 0.0471. The Kier molecular flexibility index (Phi) is 9.94. The van der Waals surface area contributed by atoms with Crippen LogP contribution in [0.15, 0.2) is 60.9 Å². The van der Waals surface area contributed by atoms with Gasteiger partial charge in [-0.05, 0) is 74.1 Å². The number of amides is 1. The van der Waals surface area contributed by atoms with Gasteiger partial charge in [0.2, 0.25) is 0 Å². The molecule has 1 aliphatic rings. The van der Waals surface area contributed by atoms with Crippen LogP contribution in [0.25, 0.3) is 27.8 Å². The van der Waals surface area contributed by atoms with Gasteiger partial charge in [0.25, 0.3) is 0 Å². The van der Waals surface area contributed by atoms with Crippen molar-refractivity contribution < 1.29 is 14.3 Å². The van der Waals surface area contributed by atoms with Gasteiger partial charge in [0.15, 0.2) is 0 Å². The Labute approximate surface area is 271 Å². The van der Waals surface area contributed by atoms with Gasteiger partial charge in [0.1, 0.15) is 35.1 Å². The molecule has 2 N–H and O–H groups in total. The molecule has 1 aliphatic heterocycles. The first kappa shape index (κ1) is 32.9. The molecular weight excluding hydrogens is 578 g/mol. The fraction of sp³-hybridized carbons (Fsp3) is 0.444. The molecule has 46 heavy (non-hydrogen) atoms. The zero-order valence-corrected chi connectivity index (χ0v) is 27.8. The van der Waals surface area contributed by atoms with E-state index in [2.05, 4.69) is 71.6 Å². The highest BCUT2D eigenvalue weighted by molar-refractivity contribution is 5.91. The molecule has 1 saturated heterocycles. The molecule has 4 aromatic rings. The van der Waals surface area contributed by atoms with Crippen molar-refractivity contribution >= 4 is 17.1 Å². The number of nitrogens with one attached hydrogen (secondary N) is 2. The number of hydrogen-bond donors (Lipinski definition) is 2. The average Bonchev–Trinajstić information content (AvgIpc) is 3.44. The van der Waals surface area contributed by atoms with Gasteiger partial charge in [-0.2, -0.15) is 10.4 Å². The second-order valence-corrected chi connectivity index (χ2v) is 14.1. The summed E-state index contributed by atoms with van der Waals surface area (Å²) in [4.78, 5) is 19.5. The molecule has 0 aliphatic carbocycles. The third-order valence-corrected chi connectivity index (χ3v) is 7.65. The lowest BCUT2D eigenvalue weighted by Crippen LogP contribution is -2.44. The number of benzene rings is 2. The van der Waals surface area contributed by atoms with Crippen LogP contribution in [-0.2, 0) is 11.3 Å². The molecule has 0 unspecified atom stereocenters. The number of aromatic nitrogens is 3. The van der Waals surface area contributed by atoms with Gasteiger partial charge in [-0.25, -0.2) is 9.48 Å². The normalized spacial score (nSPS) is 14.9. The molecule has 1 atom stereocenters. The first-order valence-electron chi connectivity index (χ1n) is 15.9. The van der Waals surface area contributed by atoms with Crippen LogP contribution in [0.1, 0.15) is 59.1 Å². The van der Waals surface area contributed by atoms with Crippen LogP contribution in [-0.4, -0.2) is 70.2 Å². The standard InChI is InChI=1S/C36H45N7O3/c1-35(2,3)20-28(40-34(44)46-36(4,5)6)24-45-32-12-9-26(19-27(32)21-37)30-13-14-39-31-23-43(41-33(30)31)29-10-7-25(8-11-29)22-42-17-15-38-16-18-42/h7-14,19,23,28,38H,15-18,20,22,24H2,1-6H3,(H,40,44)/t28-/m0/s1. The van der Waals surface area contributed by atoms with Crippen molar-refractivity contribution in [2.24, 2.45) is 5.41 Å². The largest absolute Gasteiger partial charge is 0.490 e. The van der Waals surface area contributed by atoms with E-state index in [1.807, 2.05) is 49.8 Å². The van der Waals surface area contributed by atoms with Gasteiger partial charge in [-0.15, -0.1) is 0 Å². The predicted molar refractivity (Wildman–Crippen MR) is 180 cm³/mol. The first-order chi connectivity index (χ1) is 21.9. The quantitative estimate of drug-likeness (QED) is 0.231. The van der Waals surface area contributed by atoms with E-state index in [4.69, 9.17) is 14.6 Å². The molecule has 1 fully saturated rings. The third-order valence-electron chi connectivity index (χ3n) is 7.65. The molecule has 5 rings (SSSR count). The smallest absolute Gasteiger partial charge is 0.407 e. The molecule has 0 spiro atoms. The van der Waals surface area contributed by atoms with Gasteiger partial charge < -0.3 is 20.1 Å². The van der Waals surface area contributed by atoms with E-state index in [-0.39, 0.29) is 18.1 Å². The fourth-order valence-electron chi connectivity index (χ4n) is 5.64. The molecule has 2 aromatic heterocycles. The average molecular weight is 624 g/mol. The lowest BCUT2D eigenvalue weighted by Gasteiger charge is -2.28. The summed E-state index contributed by atoms with van der Waals surface area (Å²) in [7, 11) is 0. The second-order valence-electron chi connectivity index (χ2n) is 14.1. The number of hydrogen-bond acceptors (Lipinski definition) is 8. The Morgan fingerprint density at radius 3 is 2.48 bits per heavy atom. The molecular formula is C36H45N7O3. The van der Waals surface area contributed by atoms with E-state index in [0.717, 1.165) is 60.6 Å². The zero-order valence-electron chi connectivity index (χ0n) is 27.8. The number of alkyl carbamates (subject to hydrolysis) is 1. The number of carbonyl (C=O) groups excluding carboxylic acids is 1. The minimum Gasteiger partial charge on any atom is -0.490 e. The van der Waals surface area contributed by atoms with Crippen LogP contribution in [0.5, 0.6) is 5.75 Å². The highest BCUT2D eigenvalue weighted by Gasteiger charge is 2.25. The van der Waals surface area contributed by atoms with E-state index in [1.165, 1.54) is 5.56 Å². The fourth-order valence-corrected chi connectivity index (χ4v) is 5.64. The molecule has 1 amide bonds. The highest BCUT2D eigenvalue weighted by Crippen LogP contribution is 2.31. The Morgan fingerprint density at radius 2 is 1.80 bits per heavy atom. The summed E-state index contributed by atoms with van der Waals surface area (Å²) >= 11 is 0. The summed E-state index contributed by atoms with van der Waals surface area (Å²) in [6.07, 6.45) is 3.87. The van der Waals surface area contributed by atoms with Gasteiger partial charge in [0, 0.05) is 44.5 Å². The van der Waals surface area contributed by atoms with Crippen LogP contribution in [0.2, 0.25) is 0 Å². The van der Waals surface area contributed by atoms with E-state index in [0.29, 0.717) is 17.7 Å². The van der Waals surface area contributed by atoms with Crippen LogP contribution < -0.4 is 15.4 Å². The minimum absolute atomic E-state index is 0.0614. The molecule has 10 heteroatoms. The summed E-state index contributed by atoms with van der Waals surface area (Å²) in [5, 5.41) is 21.3. The summed E-state index contributed by atoms with van der Waals surface area (Å²) in [6.45, 7) is 17.1. The second kappa shape index (κ2) is 13.9. The van der Waals surface area contributed by atoms with Crippen molar-refractivity contribution in [2.45, 2.75) is 66.2 Å². The molecule has 2 aromatic carbocycles. The lowest BCUT2D eigenvalue weighted by atomic mass is 9.88. The number of ether oxygens (including phenoxy) is 2. The Morgan fingerprint density at radius 1 is 1.07 bits per heavy atom. The molecule has 242 valence electrons. The van der Waals surface area contributed by atoms with Crippen LogP contribution >= 0.6 is 0 Å². The van der Waals surface area contributed by atoms with Crippen molar-refractivity contribution in [3.63, 3.8) is 0 Å². The highest BCUT2D eigenvalue weighted by atomic mass is 16.6. The maximum Gasteiger partial charge on any atom is 0.407 e. The minimum atomic E-state index is -0.606. The molecule has 3 heterocycles. The number of pyridine rings is 1. The molecule has 0 radical (unpaired) electrons. The SMILES string of the molecule is CC(C)(C)C[C@@H](COc1ccc(-c2ccnc3cn(-c4ccc(CN5CCNCC5)cc4)nc23)cc1C#N)NC(=O)OC(C)(C)C. The zero-order chi connectivity index (χ0) is 32.9. The van der Waals surface area contributed by atoms with Gasteiger partial charge >= 0.3 is 6.09 Å². The van der Waals surface area contributed by atoms with E-state index in [1.54, 1.807) is 12.3 Å². The molecule has 0 bridgehead atoms. The Balaban J connectivity index is 1.33. The van der Waals surface area contributed by atoms with Gasteiger partial charge in [-0.1, -0.05) is 39.0 Å². The summed E-state index contributed by atoms with van der Waals surface area (Å²) < 4.78 is 13.5. The van der Waals surface area contributed by atoms with Crippen LogP contribution in [0.3, 0.4) is 0 Å². The number of fused-ring (bicyclic) bond motifs is 1. The van der Waals surface area contributed by atoms with Crippen molar-refractivity contribution in [3.8, 4) is 28.6 Å². The number of nitriles is 1. The first-order valence-corrected chi connectivity index (χ1v) is 15.9. The van der Waals surface area contributed by atoms with E-state index < -0.39 is 11.7 Å². The third kappa shape index (κ3) is 8.83. The maximum atomic E-state index is 12.5. The molecule has 10 nitrogen and oxygen atoms in total. The van der Waals surface area contributed by atoms with Gasteiger partial charge in [0.05, 0.1) is 23.5 Å². The Hall–Kier alpha value is -4.46. The van der Waals surface area contributed by atoms with Crippen molar-refractivity contribution in [1.82, 2.24) is 30.3 Å². The topological polar surface area (TPSA) is 117 Å². The number of carbonyl (C=O) groups is 1. The van der Waals surface area contributed by atoms with Gasteiger partial charge in [-0.3, -0.25) is 9.88 Å². The van der Waals surface area contributed by atoms with Crippen LogP contribution in [0, 0.1) is 16.7 Å². The van der Waals surface area contributed by atoms with Crippen molar-refractivity contribution in [2.75, 3.05) is 32.8 Å².